The average Bonchev–Trinajstić information content (AvgIpc) is 2.78. The molecule has 3 aromatic carbocycles. The van der Waals surface area contributed by atoms with Gasteiger partial charge in [-0.3, -0.25) is 4.79 Å². The first kappa shape index (κ1) is 22.7. The highest BCUT2D eigenvalue weighted by Crippen LogP contribution is 2.25. The summed E-state index contributed by atoms with van der Waals surface area (Å²) in [6.45, 7) is 3.19. The molecule has 0 fully saturated rings. The lowest BCUT2D eigenvalue weighted by atomic mass is 10.1. The summed E-state index contributed by atoms with van der Waals surface area (Å²) in [5.74, 6) is -0.300. The van der Waals surface area contributed by atoms with Gasteiger partial charge in [-0.25, -0.2) is 4.79 Å². The first-order valence-corrected chi connectivity index (χ1v) is 10.6. The summed E-state index contributed by atoms with van der Waals surface area (Å²) in [5.41, 5.74) is 4.39. The van der Waals surface area contributed by atoms with Crippen LogP contribution < -0.4 is 16.0 Å². The van der Waals surface area contributed by atoms with Crippen LogP contribution in [0.2, 0.25) is 10.0 Å². The molecule has 3 amide bonds. The second-order valence-electron chi connectivity index (χ2n) is 7.13. The Labute approximate surface area is 191 Å². The molecule has 3 aromatic rings. The van der Waals surface area contributed by atoms with Crippen LogP contribution in [0.15, 0.2) is 66.7 Å². The lowest BCUT2D eigenvalue weighted by molar-refractivity contribution is 0.0951. The zero-order valence-corrected chi connectivity index (χ0v) is 18.6. The minimum absolute atomic E-state index is 0.233. The number of urea groups is 1. The van der Waals surface area contributed by atoms with Crippen molar-refractivity contribution in [2.24, 2.45) is 0 Å². The van der Waals surface area contributed by atoms with Crippen LogP contribution in [-0.4, -0.2) is 11.9 Å². The van der Waals surface area contributed by atoms with E-state index in [-0.39, 0.29) is 17.0 Å². The maximum absolute atomic E-state index is 12.4. The largest absolute Gasteiger partial charge is 0.348 e. The average molecular weight is 456 g/mol. The van der Waals surface area contributed by atoms with E-state index >= 15 is 0 Å². The summed E-state index contributed by atoms with van der Waals surface area (Å²) >= 11 is 12.1. The molecule has 3 N–H and O–H groups in total. The third kappa shape index (κ3) is 6.74. The molecule has 0 spiro atoms. The number of hydrogen-bond acceptors (Lipinski definition) is 2. The first-order chi connectivity index (χ1) is 14.9. The van der Waals surface area contributed by atoms with Crippen LogP contribution in [0.4, 0.5) is 4.79 Å². The molecule has 0 aliphatic heterocycles. The molecule has 5 nitrogen and oxygen atoms in total. The van der Waals surface area contributed by atoms with Crippen LogP contribution in [0.3, 0.4) is 0 Å². The van der Waals surface area contributed by atoms with E-state index in [1.807, 2.05) is 55.5 Å². The van der Waals surface area contributed by atoms with E-state index in [1.165, 1.54) is 5.56 Å². The summed E-state index contributed by atoms with van der Waals surface area (Å²) in [5, 5.41) is 9.09. The number of hydrogen-bond donors (Lipinski definition) is 3. The molecule has 0 heterocycles. The molecule has 0 aliphatic carbocycles. The van der Waals surface area contributed by atoms with E-state index in [0.717, 1.165) is 16.7 Å². The molecule has 0 radical (unpaired) electrons. The Bertz CT molecular complexity index is 1070. The number of halogens is 2. The van der Waals surface area contributed by atoms with Crippen molar-refractivity contribution in [1.82, 2.24) is 16.0 Å². The van der Waals surface area contributed by atoms with Gasteiger partial charge in [-0.1, -0.05) is 83.4 Å². The zero-order chi connectivity index (χ0) is 22.2. The molecular formula is C24H23Cl2N3O2. The van der Waals surface area contributed by atoms with Gasteiger partial charge in [0.2, 0.25) is 0 Å². The highest BCUT2D eigenvalue weighted by atomic mass is 35.5. The highest BCUT2D eigenvalue weighted by Gasteiger charge is 2.12. The molecule has 31 heavy (non-hydrogen) atoms. The van der Waals surface area contributed by atoms with E-state index in [2.05, 4.69) is 16.0 Å². The van der Waals surface area contributed by atoms with E-state index in [4.69, 9.17) is 23.2 Å². The van der Waals surface area contributed by atoms with Gasteiger partial charge in [0.1, 0.15) is 0 Å². The van der Waals surface area contributed by atoms with Gasteiger partial charge in [0.15, 0.2) is 0 Å². The van der Waals surface area contributed by atoms with Gasteiger partial charge in [-0.05, 0) is 35.7 Å². The minimum atomic E-state index is -0.300. The minimum Gasteiger partial charge on any atom is -0.348 e. The van der Waals surface area contributed by atoms with Crippen LogP contribution in [0.1, 0.15) is 32.6 Å². The van der Waals surface area contributed by atoms with Crippen molar-refractivity contribution in [3.63, 3.8) is 0 Å². The molecule has 0 saturated heterocycles. The molecule has 0 atom stereocenters. The standard InChI is InChI=1S/C24H23Cl2N3O2/c1-16-8-10-17(11-9-16)13-28-24(31)29-15-19-5-2-4-18(12-19)14-27-23(30)20-6-3-7-21(25)22(20)26/h2-12H,13-15H2,1H3,(H,27,30)(H2,28,29,31). The molecule has 0 bridgehead atoms. The third-order valence-electron chi connectivity index (χ3n) is 4.67. The van der Waals surface area contributed by atoms with Crippen LogP contribution in [0, 0.1) is 6.92 Å². The number of aryl methyl sites for hydroxylation is 1. The molecule has 0 unspecified atom stereocenters. The van der Waals surface area contributed by atoms with Gasteiger partial charge < -0.3 is 16.0 Å². The van der Waals surface area contributed by atoms with Crippen molar-refractivity contribution in [3.8, 4) is 0 Å². The Balaban J connectivity index is 1.48. The fourth-order valence-corrected chi connectivity index (χ4v) is 3.33. The number of carbonyl (C=O) groups excluding carboxylic acids is 2. The van der Waals surface area contributed by atoms with E-state index < -0.39 is 0 Å². The summed E-state index contributed by atoms with van der Waals surface area (Å²) in [7, 11) is 0. The van der Waals surface area contributed by atoms with E-state index in [9.17, 15) is 9.59 Å². The number of nitrogens with one attached hydrogen (secondary N) is 3. The van der Waals surface area contributed by atoms with E-state index in [1.54, 1.807) is 18.2 Å². The summed E-state index contributed by atoms with van der Waals surface area (Å²) < 4.78 is 0. The van der Waals surface area contributed by atoms with Crippen LogP contribution in [0.5, 0.6) is 0 Å². The molecule has 3 rings (SSSR count). The lowest BCUT2D eigenvalue weighted by Crippen LogP contribution is -2.34. The Kier molecular flexibility index (Phi) is 7.93. The van der Waals surface area contributed by atoms with E-state index in [0.29, 0.717) is 30.2 Å². The fourth-order valence-electron chi connectivity index (χ4n) is 2.94. The quantitative estimate of drug-likeness (QED) is 0.456. The second-order valence-corrected chi connectivity index (χ2v) is 7.91. The van der Waals surface area contributed by atoms with Gasteiger partial charge in [0, 0.05) is 19.6 Å². The number of benzene rings is 3. The number of amides is 3. The van der Waals surface area contributed by atoms with Gasteiger partial charge in [0.25, 0.3) is 5.91 Å². The Morgan fingerprint density at radius 3 is 2.00 bits per heavy atom. The lowest BCUT2D eigenvalue weighted by Gasteiger charge is -2.10. The van der Waals surface area contributed by atoms with Crippen molar-refractivity contribution in [2.75, 3.05) is 0 Å². The molecule has 160 valence electrons. The van der Waals surface area contributed by atoms with Gasteiger partial charge in [0.05, 0.1) is 15.6 Å². The smallest absolute Gasteiger partial charge is 0.315 e. The zero-order valence-electron chi connectivity index (χ0n) is 17.0. The summed E-state index contributed by atoms with van der Waals surface area (Å²) in [6, 6.07) is 20.3. The van der Waals surface area contributed by atoms with Crippen molar-refractivity contribution in [2.45, 2.75) is 26.6 Å². The summed E-state index contributed by atoms with van der Waals surface area (Å²) in [6.07, 6.45) is 0. The van der Waals surface area contributed by atoms with Crippen molar-refractivity contribution >= 4 is 35.1 Å². The van der Waals surface area contributed by atoms with Crippen LogP contribution >= 0.6 is 23.2 Å². The molecular weight excluding hydrogens is 433 g/mol. The predicted octanol–water partition coefficient (Wildman–Crippen LogP) is 5.23. The second kappa shape index (κ2) is 10.8. The normalized spacial score (nSPS) is 10.4. The highest BCUT2D eigenvalue weighted by molar-refractivity contribution is 6.43. The van der Waals surface area contributed by atoms with Crippen LogP contribution in [-0.2, 0) is 19.6 Å². The molecule has 0 saturated carbocycles. The van der Waals surface area contributed by atoms with Crippen LogP contribution in [0.25, 0.3) is 0 Å². The van der Waals surface area contributed by atoms with Gasteiger partial charge in [-0.2, -0.15) is 0 Å². The molecule has 0 aliphatic rings. The summed E-state index contributed by atoms with van der Waals surface area (Å²) in [4.78, 5) is 24.4. The monoisotopic (exact) mass is 455 g/mol. The first-order valence-electron chi connectivity index (χ1n) is 9.79. The predicted molar refractivity (Wildman–Crippen MR) is 124 cm³/mol. The van der Waals surface area contributed by atoms with Gasteiger partial charge >= 0.3 is 6.03 Å². The van der Waals surface area contributed by atoms with Gasteiger partial charge in [-0.15, -0.1) is 0 Å². The topological polar surface area (TPSA) is 70.2 Å². The maximum Gasteiger partial charge on any atom is 0.315 e. The number of rotatable bonds is 7. The Morgan fingerprint density at radius 1 is 0.742 bits per heavy atom. The van der Waals surface area contributed by atoms with Crippen molar-refractivity contribution < 1.29 is 9.59 Å². The fraction of sp³-hybridized carbons (Fsp3) is 0.167. The van der Waals surface area contributed by atoms with Crippen molar-refractivity contribution in [3.05, 3.63) is 105 Å². The number of carbonyl (C=O) groups is 2. The Hall–Kier alpha value is -3.02. The molecule has 7 heteroatoms. The molecule has 0 aromatic heterocycles. The third-order valence-corrected chi connectivity index (χ3v) is 5.49. The SMILES string of the molecule is Cc1ccc(CNC(=O)NCc2cccc(CNC(=O)c3cccc(Cl)c3Cl)c2)cc1. The van der Waals surface area contributed by atoms with Crippen molar-refractivity contribution in [1.29, 1.82) is 0 Å². The maximum atomic E-state index is 12.4. The Morgan fingerprint density at radius 2 is 1.32 bits per heavy atom.